The van der Waals surface area contributed by atoms with Gasteiger partial charge in [-0.25, -0.2) is 9.25 Å². The van der Waals surface area contributed by atoms with Crippen LogP contribution in [0, 0.1) is 10.7 Å². The third kappa shape index (κ3) is 3.73. The normalized spacial score (nSPS) is 14.0. The summed E-state index contributed by atoms with van der Waals surface area (Å²) in [5, 5.41) is 5.46. The summed E-state index contributed by atoms with van der Waals surface area (Å²) < 4.78 is 11.4. The fourth-order valence-corrected chi connectivity index (χ4v) is 4.56. The van der Waals surface area contributed by atoms with Gasteiger partial charge in [-0.15, -0.1) is 5.10 Å². The average molecular weight is 450 g/mol. The summed E-state index contributed by atoms with van der Waals surface area (Å²) >= 11 is 5.88. The molecule has 1 aliphatic carbocycles. The van der Waals surface area contributed by atoms with Crippen LogP contribution in [0.1, 0.15) is 26.2 Å². The maximum absolute atomic E-state index is 13.6. The molecule has 2 heterocycles. The van der Waals surface area contributed by atoms with Crippen molar-refractivity contribution in [2.75, 3.05) is 20.2 Å². The standard InChI is InChI=1S/C24H27N5O2S/c1-3-13-26(15-17-11-12-17)16-27-24(32)29-21-10-5-4-9-20(21)22(30)28(23(29)25-27)18-7-6-8-19(14-18)31-2/h4-10,14,17H,3,11-13,15-16H2,1-2H3. The molecule has 2 aromatic carbocycles. The molecule has 166 valence electrons. The number of ether oxygens (including phenoxy) is 1. The second kappa shape index (κ2) is 8.52. The predicted octanol–water partition coefficient (Wildman–Crippen LogP) is 4.26. The zero-order valence-corrected chi connectivity index (χ0v) is 19.2. The van der Waals surface area contributed by atoms with Crippen molar-refractivity contribution < 1.29 is 4.74 Å². The molecule has 0 atom stereocenters. The number of hydrogen-bond acceptors (Lipinski definition) is 5. The summed E-state index contributed by atoms with van der Waals surface area (Å²) in [6.07, 6.45) is 3.68. The van der Waals surface area contributed by atoms with Crippen LogP contribution >= 0.6 is 12.2 Å². The number of benzene rings is 2. The monoisotopic (exact) mass is 449 g/mol. The van der Waals surface area contributed by atoms with Crippen molar-refractivity contribution in [3.05, 3.63) is 63.7 Å². The molecule has 0 aliphatic heterocycles. The van der Waals surface area contributed by atoms with Crippen LogP contribution in [0.25, 0.3) is 22.4 Å². The summed E-state index contributed by atoms with van der Waals surface area (Å²) in [7, 11) is 1.62. The molecule has 8 heteroatoms. The Morgan fingerprint density at radius 3 is 2.75 bits per heavy atom. The highest BCUT2D eigenvalue weighted by molar-refractivity contribution is 7.71. The fourth-order valence-electron chi connectivity index (χ4n) is 4.28. The maximum Gasteiger partial charge on any atom is 0.267 e. The molecular formula is C24H27N5O2S. The van der Waals surface area contributed by atoms with E-state index in [1.54, 1.807) is 11.7 Å². The van der Waals surface area contributed by atoms with E-state index >= 15 is 0 Å². The van der Waals surface area contributed by atoms with Gasteiger partial charge in [0.1, 0.15) is 5.75 Å². The van der Waals surface area contributed by atoms with E-state index in [-0.39, 0.29) is 5.56 Å². The van der Waals surface area contributed by atoms with E-state index in [9.17, 15) is 4.79 Å². The molecule has 1 saturated carbocycles. The first-order valence-corrected chi connectivity index (χ1v) is 11.5. The van der Waals surface area contributed by atoms with Gasteiger partial charge in [0.05, 0.1) is 30.4 Å². The Balaban J connectivity index is 1.74. The summed E-state index contributed by atoms with van der Waals surface area (Å²) in [6.45, 7) is 4.87. The van der Waals surface area contributed by atoms with E-state index < -0.39 is 0 Å². The zero-order valence-electron chi connectivity index (χ0n) is 18.4. The van der Waals surface area contributed by atoms with Gasteiger partial charge in [-0.1, -0.05) is 25.1 Å². The van der Waals surface area contributed by atoms with Crippen LogP contribution in [-0.4, -0.2) is 43.8 Å². The second-order valence-corrected chi connectivity index (χ2v) is 8.80. The number of methoxy groups -OCH3 is 1. The average Bonchev–Trinajstić information content (AvgIpc) is 3.57. The minimum absolute atomic E-state index is 0.128. The summed E-state index contributed by atoms with van der Waals surface area (Å²) in [4.78, 5) is 16.0. The van der Waals surface area contributed by atoms with Gasteiger partial charge in [-0.2, -0.15) is 0 Å². The minimum Gasteiger partial charge on any atom is -0.497 e. The Morgan fingerprint density at radius 1 is 1.19 bits per heavy atom. The lowest BCUT2D eigenvalue weighted by molar-refractivity contribution is 0.198. The van der Waals surface area contributed by atoms with Gasteiger partial charge in [-0.05, 0) is 68.2 Å². The predicted molar refractivity (Wildman–Crippen MR) is 128 cm³/mol. The van der Waals surface area contributed by atoms with Crippen molar-refractivity contribution in [3.63, 3.8) is 0 Å². The van der Waals surface area contributed by atoms with E-state index in [1.165, 1.54) is 12.8 Å². The Bertz CT molecular complexity index is 1400. The highest BCUT2D eigenvalue weighted by Gasteiger charge is 2.25. The molecule has 0 radical (unpaired) electrons. The molecule has 0 spiro atoms. The first kappa shape index (κ1) is 20.9. The Labute approximate surface area is 191 Å². The highest BCUT2D eigenvalue weighted by atomic mass is 32.1. The molecule has 4 aromatic rings. The van der Waals surface area contributed by atoms with Gasteiger partial charge in [0.2, 0.25) is 10.5 Å². The lowest BCUT2D eigenvalue weighted by Gasteiger charge is -2.20. The SMILES string of the molecule is CCCN(CC1CC1)Cn1nc2n(-c3cccc(OC)c3)c(=O)c3ccccc3n2c1=S. The number of aromatic nitrogens is 4. The van der Waals surface area contributed by atoms with Crippen LogP contribution in [0.3, 0.4) is 0 Å². The van der Waals surface area contributed by atoms with Crippen LogP contribution in [0.5, 0.6) is 5.75 Å². The Kier molecular flexibility index (Phi) is 5.57. The summed E-state index contributed by atoms with van der Waals surface area (Å²) in [5.74, 6) is 1.97. The largest absolute Gasteiger partial charge is 0.497 e. The van der Waals surface area contributed by atoms with Crippen molar-refractivity contribution in [2.45, 2.75) is 32.9 Å². The first-order valence-electron chi connectivity index (χ1n) is 11.1. The van der Waals surface area contributed by atoms with Crippen molar-refractivity contribution in [2.24, 2.45) is 5.92 Å². The van der Waals surface area contributed by atoms with E-state index in [0.29, 0.717) is 34.0 Å². The Morgan fingerprint density at radius 2 is 2.00 bits per heavy atom. The van der Waals surface area contributed by atoms with Crippen molar-refractivity contribution >= 4 is 28.9 Å². The van der Waals surface area contributed by atoms with Gasteiger partial charge < -0.3 is 4.74 Å². The van der Waals surface area contributed by atoms with Crippen LogP contribution < -0.4 is 10.3 Å². The van der Waals surface area contributed by atoms with Crippen molar-refractivity contribution in [1.82, 2.24) is 23.6 Å². The van der Waals surface area contributed by atoms with Crippen LogP contribution in [0.2, 0.25) is 0 Å². The molecule has 1 fully saturated rings. The molecule has 5 rings (SSSR count). The fraction of sp³-hybridized carbons (Fsp3) is 0.375. The summed E-state index contributed by atoms with van der Waals surface area (Å²) in [5.41, 5.74) is 1.34. The van der Waals surface area contributed by atoms with E-state index in [0.717, 1.165) is 30.9 Å². The van der Waals surface area contributed by atoms with Crippen LogP contribution in [0.15, 0.2) is 53.3 Å². The lowest BCUT2D eigenvalue weighted by Crippen LogP contribution is -2.30. The van der Waals surface area contributed by atoms with Crippen LogP contribution in [-0.2, 0) is 6.67 Å². The molecule has 0 bridgehead atoms. The quantitative estimate of drug-likeness (QED) is 0.376. The van der Waals surface area contributed by atoms with Gasteiger partial charge in [0.25, 0.3) is 5.56 Å². The number of para-hydroxylation sites is 1. The topological polar surface area (TPSA) is 56.7 Å². The molecule has 1 aliphatic rings. The molecule has 0 amide bonds. The number of rotatable bonds is 8. The number of nitrogens with zero attached hydrogens (tertiary/aromatic N) is 5. The van der Waals surface area contributed by atoms with Gasteiger partial charge in [-0.3, -0.25) is 14.1 Å². The van der Waals surface area contributed by atoms with E-state index in [4.69, 9.17) is 22.1 Å². The second-order valence-electron chi connectivity index (χ2n) is 8.44. The molecule has 0 N–H and O–H groups in total. The lowest BCUT2D eigenvalue weighted by atomic mass is 10.2. The number of hydrogen-bond donors (Lipinski definition) is 0. The molecule has 0 unspecified atom stereocenters. The van der Waals surface area contributed by atoms with E-state index in [2.05, 4.69) is 11.8 Å². The van der Waals surface area contributed by atoms with Crippen LogP contribution in [0.4, 0.5) is 0 Å². The molecule has 2 aromatic heterocycles. The van der Waals surface area contributed by atoms with Gasteiger partial charge >= 0.3 is 0 Å². The number of fused-ring (bicyclic) bond motifs is 3. The maximum atomic E-state index is 13.6. The van der Waals surface area contributed by atoms with E-state index in [1.807, 2.05) is 57.6 Å². The zero-order chi connectivity index (χ0) is 22.2. The molecule has 7 nitrogen and oxygen atoms in total. The van der Waals surface area contributed by atoms with Crippen molar-refractivity contribution in [1.29, 1.82) is 0 Å². The molecule has 0 saturated heterocycles. The van der Waals surface area contributed by atoms with Gasteiger partial charge in [0.15, 0.2) is 0 Å². The third-order valence-electron chi connectivity index (χ3n) is 6.00. The highest BCUT2D eigenvalue weighted by Crippen LogP contribution is 2.30. The summed E-state index contributed by atoms with van der Waals surface area (Å²) in [6, 6.07) is 15.0. The third-order valence-corrected chi connectivity index (χ3v) is 6.39. The van der Waals surface area contributed by atoms with Crippen molar-refractivity contribution in [3.8, 4) is 11.4 Å². The Hall–Kier alpha value is -2.97. The van der Waals surface area contributed by atoms with Gasteiger partial charge in [0, 0.05) is 12.6 Å². The smallest absolute Gasteiger partial charge is 0.267 e. The molecular weight excluding hydrogens is 422 g/mol. The first-order chi connectivity index (χ1) is 15.6. The minimum atomic E-state index is -0.128. The molecule has 32 heavy (non-hydrogen) atoms.